The number of carbonyl (C=O) groups is 4. The summed E-state index contributed by atoms with van der Waals surface area (Å²) in [5.41, 5.74) is 4.89. The summed E-state index contributed by atoms with van der Waals surface area (Å²) in [6.07, 6.45) is 3.31. The Morgan fingerprint density at radius 3 is 1.90 bits per heavy atom. The Bertz CT molecular complexity index is 990. The van der Waals surface area contributed by atoms with E-state index < -0.39 is 23.4 Å². The molecule has 0 aliphatic heterocycles. The van der Waals surface area contributed by atoms with E-state index in [-0.39, 0.29) is 60.6 Å². The van der Waals surface area contributed by atoms with Gasteiger partial charge in [0.05, 0.1) is 26.6 Å². The summed E-state index contributed by atoms with van der Waals surface area (Å²) < 4.78 is 21.4. The standard InChI is InChI=1S/C30H47NO8/c1-9-10-11-12-24(32)37-16-15-30(31,27(35)36-8)18-21-13-14-22(38-25(33)19-28(2,3)4)23(17-21)39-26(34)20-29(5,6)7/h13-14,17H,9-12,15-16,18-20,31H2,1-8H3/t30-/m1/s1. The van der Waals surface area contributed by atoms with Crippen LogP contribution in [-0.4, -0.2) is 43.1 Å². The molecule has 0 aliphatic carbocycles. The zero-order valence-corrected chi connectivity index (χ0v) is 24.9. The number of hydrogen-bond donors (Lipinski definition) is 1. The number of unbranched alkanes of at least 4 members (excludes halogenated alkanes) is 2. The van der Waals surface area contributed by atoms with E-state index in [1.165, 1.54) is 19.2 Å². The second-order valence-electron chi connectivity index (χ2n) is 12.5. The van der Waals surface area contributed by atoms with Crippen molar-refractivity contribution in [2.45, 2.75) is 105 Å². The summed E-state index contributed by atoms with van der Waals surface area (Å²) in [5.74, 6) is -1.82. The number of carbonyl (C=O) groups excluding carboxylic acids is 4. The molecular weight excluding hydrogens is 502 g/mol. The van der Waals surface area contributed by atoms with E-state index in [9.17, 15) is 19.2 Å². The molecule has 9 heteroatoms. The molecule has 1 aromatic rings. The largest absolute Gasteiger partial charge is 0.468 e. The van der Waals surface area contributed by atoms with Crippen LogP contribution in [0.1, 0.15) is 99.0 Å². The number of benzene rings is 1. The number of rotatable bonds is 14. The first kappa shape index (κ1) is 34.1. The fraction of sp³-hybridized carbons (Fsp3) is 0.667. The molecule has 2 N–H and O–H groups in total. The van der Waals surface area contributed by atoms with Crippen LogP contribution in [0.2, 0.25) is 0 Å². The molecule has 0 aromatic heterocycles. The molecule has 1 rings (SSSR count). The number of ether oxygens (including phenoxy) is 4. The first-order valence-electron chi connectivity index (χ1n) is 13.6. The zero-order valence-electron chi connectivity index (χ0n) is 24.9. The summed E-state index contributed by atoms with van der Waals surface area (Å²) in [7, 11) is 1.23. The van der Waals surface area contributed by atoms with Crippen LogP contribution in [0.4, 0.5) is 0 Å². The second kappa shape index (κ2) is 15.0. The number of methoxy groups -OCH3 is 1. The Labute approximate surface area is 233 Å². The van der Waals surface area contributed by atoms with Crippen LogP contribution in [-0.2, 0) is 35.1 Å². The van der Waals surface area contributed by atoms with Gasteiger partial charge in [0.2, 0.25) is 0 Å². The van der Waals surface area contributed by atoms with E-state index >= 15 is 0 Å². The average Bonchev–Trinajstić information content (AvgIpc) is 2.77. The summed E-state index contributed by atoms with van der Waals surface area (Å²) in [6, 6.07) is 4.69. The minimum absolute atomic E-state index is 0.00704. The molecule has 0 radical (unpaired) electrons. The highest BCUT2D eigenvalue weighted by Crippen LogP contribution is 2.33. The van der Waals surface area contributed by atoms with Crippen LogP contribution in [0.5, 0.6) is 11.5 Å². The smallest absolute Gasteiger partial charge is 0.326 e. The van der Waals surface area contributed by atoms with Gasteiger partial charge in [-0.25, -0.2) is 0 Å². The summed E-state index contributed by atoms with van der Waals surface area (Å²) in [4.78, 5) is 49.8. The first-order valence-corrected chi connectivity index (χ1v) is 13.6. The van der Waals surface area contributed by atoms with Crippen molar-refractivity contribution in [1.29, 1.82) is 0 Å². The molecule has 0 fully saturated rings. The van der Waals surface area contributed by atoms with Crippen LogP contribution >= 0.6 is 0 Å². The van der Waals surface area contributed by atoms with Crippen molar-refractivity contribution in [3.05, 3.63) is 23.8 Å². The van der Waals surface area contributed by atoms with Crippen molar-refractivity contribution in [3.8, 4) is 11.5 Å². The van der Waals surface area contributed by atoms with Crippen LogP contribution in [0, 0.1) is 10.8 Å². The van der Waals surface area contributed by atoms with E-state index in [1.807, 2.05) is 48.5 Å². The Morgan fingerprint density at radius 2 is 1.38 bits per heavy atom. The monoisotopic (exact) mass is 549 g/mol. The second-order valence-corrected chi connectivity index (χ2v) is 12.5. The van der Waals surface area contributed by atoms with Crippen molar-refractivity contribution >= 4 is 23.9 Å². The third-order valence-electron chi connectivity index (χ3n) is 5.71. The van der Waals surface area contributed by atoms with Crippen molar-refractivity contribution in [2.24, 2.45) is 16.6 Å². The van der Waals surface area contributed by atoms with Crippen molar-refractivity contribution < 1.29 is 38.1 Å². The van der Waals surface area contributed by atoms with Gasteiger partial charge in [-0.05, 0) is 34.9 Å². The van der Waals surface area contributed by atoms with Crippen LogP contribution in [0.25, 0.3) is 0 Å². The molecule has 0 amide bonds. The minimum Gasteiger partial charge on any atom is -0.468 e. The van der Waals surface area contributed by atoms with Crippen molar-refractivity contribution in [3.63, 3.8) is 0 Å². The van der Waals surface area contributed by atoms with Gasteiger partial charge < -0.3 is 24.7 Å². The third kappa shape index (κ3) is 13.6. The Kier molecular flexibility index (Phi) is 13.1. The van der Waals surface area contributed by atoms with E-state index in [4.69, 9.17) is 24.7 Å². The predicted octanol–water partition coefficient (Wildman–Crippen LogP) is 5.30. The lowest BCUT2D eigenvalue weighted by atomic mass is 9.88. The maximum atomic E-state index is 12.6. The predicted molar refractivity (Wildman–Crippen MR) is 148 cm³/mol. The molecular formula is C30H47NO8. The molecule has 0 aliphatic rings. The van der Waals surface area contributed by atoms with Gasteiger partial charge in [-0.3, -0.25) is 19.2 Å². The summed E-state index contributed by atoms with van der Waals surface area (Å²) >= 11 is 0. The normalized spacial score (nSPS) is 13.3. The molecule has 0 saturated heterocycles. The molecule has 220 valence electrons. The highest BCUT2D eigenvalue weighted by atomic mass is 16.6. The lowest BCUT2D eigenvalue weighted by Gasteiger charge is -2.27. The first-order chi connectivity index (χ1) is 18.0. The zero-order chi connectivity index (χ0) is 29.9. The van der Waals surface area contributed by atoms with Gasteiger partial charge in [-0.1, -0.05) is 67.4 Å². The fourth-order valence-electron chi connectivity index (χ4n) is 3.78. The van der Waals surface area contributed by atoms with Crippen molar-refractivity contribution in [1.82, 2.24) is 0 Å². The van der Waals surface area contributed by atoms with Crippen molar-refractivity contribution in [2.75, 3.05) is 13.7 Å². The van der Waals surface area contributed by atoms with Gasteiger partial charge in [-0.15, -0.1) is 0 Å². The Morgan fingerprint density at radius 1 is 0.821 bits per heavy atom. The SMILES string of the molecule is CCCCCC(=O)OCC[C@@](N)(Cc1ccc(OC(=O)CC(C)(C)C)c(OC(=O)CC(C)(C)C)c1)C(=O)OC. The molecule has 1 atom stereocenters. The van der Waals surface area contributed by atoms with Gasteiger partial charge in [0.1, 0.15) is 5.54 Å². The van der Waals surface area contributed by atoms with Crippen LogP contribution < -0.4 is 15.2 Å². The number of nitrogens with two attached hydrogens (primary N) is 1. The molecule has 0 unspecified atom stereocenters. The Hall–Kier alpha value is -2.94. The summed E-state index contributed by atoms with van der Waals surface area (Å²) in [5, 5.41) is 0. The van der Waals surface area contributed by atoms with Gasteiger partial charge in [-0.2, -0.15) is 0 Å². The van der Waals surface area contributed by atoms with E-state index in [0.717, 1.165) is 19.3 Å². The molecule has 39 heavy (non-hydrogen) atoms. The number of hydrogen-bond acceptors (Lipinski definition) is 9. The van der Waals surface area contributed by atoms with E-state index in [0.29, 0.717) is 12.0 Å². The molecule has 9 nitrogen and oxygen atoms in total. The maximum Gasteiger partial charge on any atom is 0.326 e. The van der Waals surface area contributed by atoms with Gasteiger partial charge in [0.25, 0.3) is 0 Å². The van der Waals surface area contributed by atoms with E-state index in [2.05, 4.69) is 0 Å². The topological polar surface area (TPSA) is 131 Å². The highest BCUT2D eigenvalue weighted by molar-refractivity contribution is 5.81. The average molecular weight is 550 g/mol. The molecule has 0 heterocycles. The molecule has 0 spiro atoms. The molecule has 0 bridgehead atoms. The summed E-state index contributed by atoms with van der Waals surface area (Å²) in [6.45, 7) is 13.5. The highest BCUT2D eigenvalue weighted by Gasteiger charge is 2.36. The minimum atomic E-state index is -1.50. The molecule has 0 saturated carbocycles. The van der Waals surface area contributed by atoms with Gasteiger partial charge >= 0.3 is 23.9 Å². The fourth-order valence-corrected chi connectivity index (χ4v) is 3.78. The Balaban J connectivity index is 3.17. The van der Waals surface area contributed by atoms with E-state index in [1.54, 1.807) is 6.07 Å². The van der Waals surface area contributed by atoms with Crippen LogP contribution in [0.3, 0.4) is 0 Å². The lowest BCUT2D eigenvalue weighted by molar-refractivity contribution is -0.151. The lowest BCUT2D eigenvalue weighted by Crippen LogP contribution is -2.51. The van der Waals surface area contributed by atoms with Crippen LogP contribution in [0.15, 0.2) is 18.2 Å². The van der Waals surface area contributed by atoms with Gasteiger partial charge in [0, 0.05) is 19.3 Å². The van der Waals surface area contributed by atoms with Gasteiger partial charge in [0.15, 0.2) is 11.5 Å². The third-order valence-corrected chi connectivity index (χ3v) is 5.71. The maximum absolute atomic E-state index is 12.6. The quantitative estimate of drug-likeness (QED) is 0.187. The number of esters is 4. The molecule has 1 aromatic carbocycles.